The van der Waals surface area contributed by atoms with E-state index in [4.69, 9.17) is 14.2 Å². The summed E-state index contributed by atoms with van der Waals surface area (Å²) in [6.45, 7) is 1.65. The molecule has 1 spiro atoms. The molecule has 2 atom stereocenters. The molecule has 0 bridgehead atoms. The van der Waals surface area contributed by atoms with E-state index in [0.717, 1.165) is 12.8 Å². The van der Waals surface area contributed by atoms with Gasteiger partial charge in [-0.2, -0.15) is 0 Å². The zero-order valence-corrected chi connectivity index (χ0v) is 15.9. The van der Waals surface area contributed by atoms with Gasteiger partial charge < -0.3 is 19.1 Å². The van der Waals surface area contributed by atoms with Crippen molar-refractivity contribution in [2.75, 3.05) is 26.8 Å². The molecular weight excluding hydrogens is 361 g/mol. The predicted octanol–water partition coefficient (Wildman–Crippen LogP) is 3.68. The standard InChI is InChI=1S/C22H24FNO4/c1-26-20-9-3-2-8-19(20)21(25)24-11-5-10-22(15-24)13-18(14-27-22)28-17-7-4-6-16(23)12-17/h2-4,6-9,12,18H,5,10-11,13-15H2,1H3/t18-,22-/m1/s1. The van der Waals surface area contributed by atoms with Gasteiger partial charge in [0.25, 0.3) is 5.91 Å². The number of nitrogens with zero attached hydrogens (tertiary/aromatic N) is 1. The number of piperidine rings is 1. The van der Waals surface area contributed by atoms with Gasteiger partial charge in [-0.1, -0.05) is 18.2 Å². The Bertz CT molecular complexity index is 858. The molecule has 148 valence electrons. The summed E-state index contributed by atoms with van der Waals surface area (Å²) in [7, 11) is 1.57. The molecular formula is C22H24FNO4. The van der Waals surface area contributed by atoms with E-state index in [1.165, 1.54) is 12.1 Å². The molecule has 0 radical (unpaired) electrons. The largest absolute Gasteiger partial charge is 0.496 e. The molecule has 1 amide bonds. The van der Waals surface area contributed by atoms with Gasteiger partial charge in [0.2, 0.25) is 0 Å². The number of halogens is 1. The van der Waals surface area contributed by atoms with Crippen molar-refractivity contribution in [2.45, 2.75) is 31.0 Å². The minimum absolute atomic E-state index is 0.0466. The Hall–Kier alpha value is -2.60. The van der Waals surface area contributed by atoms with Crippen molar-refractivity contribution < 1.29 is 23.4 Å². The lowest BCUT2D eigenvalue weighted by atomic mass is 9.89. The molecule has 0 N–H and O–H groups in total. The third-order valence-electron chi connectivity index (χ3n) is 5.44. The summed E-state index contributed by atoms with van der Waals surface area (Å²) < 4.78 is 30.8. The van der Waals surface area contributed by atoms with Crippen molar-refractivity contribution >= 4 is 5.91 Å². The Kier molecular flexibility index (Phi) is 5.22. The summed E-state index contributed by atoms with van der Waals surface area (Å²) in [5, 5.41) is 0. The predicted molar refractivity (Wildman–Crippen MR) is 102 cm³/mol. The molecule has 2 fully saturated rings. The van der Waals surface area contributed by atoms with Gasteiger partial charge in [-0.3, -0.25) is 4.79 Å². The minimum atomic E-state index is -0.409. The summed E-state index contributed by atoms with van der Waals surface area (Å²) in [6.07, 6.45) is 2.28. The van der Waals surface area contributed by atoms with Crippen molar-refractivity contribution in [1.29, 1.82) is 0 Å². The lowest BCUT2D eigenvalue weighted by Gasteiger charge is -2.39. The maximum absolute atomic E-state index is 13.4. The van der Waals surface area contributed by atoms with Crippen LogP contribution in [0.2, 0.25) is 0 Å². The topological polar surface area (TPSA) is 48.0 Å². The monoisotopic (exact) mass is 385 g/mol. The SMILES string of the molecule is COc1ccccc1C(=O)N1CCC[C@@]2(C[C@@H](Oc3cccc(F)c3)CO2)C1. The number of ether oxygens (including phenoxy) is 3. The molecule has 2 heterocycles. The van der Waals surface area contributed by atoms with Crippen molar-refractivity contribution in [1.82, 2.24) is 4.90 Å². The van der Waals surface area contributed by atoms with E-state index in [0.29, 0.717) is 43.2 Å². The molecule has 5 nitrogen and oxygen atoms in total. The average Bonchev–Trinajstić information content (AvgIpc) is 3.08. The molecule has 0 saturated carbocycles. The minimum Gasteiger partial charge on any atom is -0.496 e. The van der Waals surface area contributed by atoms with Gasteiger partial charge in [-0.15, -0.1) is 0 Å². The normalized spacial score (nSPS) is 24.4. The second-order valence-electron chi connectivity index (χ2n) is 7.43. The number of hydrogen-bond acceptors (Lipinski definition) is 4. The van der Waals surface area contributed by atoms with Crippen molar-refractivity contribution in [3.8, 4) is 11.5 Å². The number of methoxy groups -OCH3 is 1. The fourth-order valence-electron chi connectivity index (χ4n) is 4.16. The number of amides is 1. The number of carbonyl (C=O) groups excluding carboxylic acids is 1. The van der Waals surface area contributed by atoms with E-state index in [-0.39, 0.29) is 17.8 Å². The van der Waals surface area contributed by atoms with Crippen molar-refractivity contribution in [2.24, 2.45) is 0 Å². The number of rotatable bonds is 4. The number of benzene rings is 2. The molecule has 4 rings (SSSR count). The first-order chi connectivity index (χ1) is 13.6. The first-order valence-corrected chi connectivity index (χ1v) is 9.57. The average molecular weight is 385 g/mol. The fraction of sp³-hybridized carbons (Fsp3) is 0.409. The maximum atomic E-state index is 13.4. The highest BCUT2D eigenvalue weighted by atomic mass is 19.1. The molecule has 2 aromatic rings. The van der Waals surface area contributed by atoms with Crippen LogP contribution in [0.4, 0.5) is 4.39 Å². The van der Waals surface area contributed by atoms with Gasteiger partial charge in [0.05, 0.1) is 31.4 Å². The molecule has 2 aromatic carbocycles. The highest BCUT2D eigenvalue weighted by Gasteiger charge is 2.45. The molecule has 6 heteroatoms. The van der Waals surface area contributed by atoms with Crippen LogP contribution in [0.5, 0.6) is 11.5 Å². The molecule has 2 saturated heterocycles. The Morgan fingerprint density at radius 3 is 2.93 bits per heavy atom. The van der Waals surface area contributed by atoms with Gasteiger partial charge in [0.1, 0.15) is 23.4 Å². The van der Waals surface area contributed by atoms with E-state index in [2.05, 4.69) is 0 Å². The Balaban J connectivity index is 1.44. The van der Waals surface area contributed by atoms with Gasteiger partial charge in [0.15, 0.2) is 0 Å². The summed E-state index contributed by atoms with van der Waals surface area (Å²) >= 11 is 0. The van der Waals surface area contributed by atoms with Gasteiger partial charge >= 0.3 is 0 Å². The van der Waals surface area contributed by atoms with Crippen LogP contribution in [0.3, 0.4) is 0 Å². The zero-order valence-electron chi connectivity index (χ0n) is 15.9. The van der Waals surface area contributed by atoms with Crippen LogP contribution in [0.15, 0.2) is 48.5 Å². The molecule has 0 aliphatic carbocycles. The van der Waals surface area contributed by atoms with Crippen LogP contribution in [0, 0.1) is 5.82 Å². The lowest BCUT2D eigenvalue weighted by molar-refractivity contribution is -0.0454. The maximum Gasteiger partial charge on any atom is 0.257 e. The van der Waals surface area contributed by atoms with Crippen LogP contribution in [0.25, 0.3) is 0 Å². The van der Waals surface area contributed by atoms with Gasteiger partial charge in [-0.25, -0.2) is 4.39 Å². The first kappa shape index (κ1) is 18.7. The Morgan fingerprint density at radius 1 is 1.25 bits per heavy atom. The second kappa shape index (κ2) is 7.80. The quantitative estimate of drug-likeness (QED) is 0.806. The summed E-state index contributed by atoms with van der Waals surface area (Å²) in [5.41, 5.74) is 0.154. The van der Waals surface area contributed by atoms with Crippen molar-refractivity contribution in [3.63, 3.8) is 0 Å². The lowest BCUT2D eigenvalue weighted by Crippen LogP contribution is -2.50. The van der Waals surface area contributed by atoms with E-state index in [1.807, 2.05) is 17.0 Å². The van der Waals surface area contributed by atoms with E-state index >= 15 is 0 Å². The molecule has 2 aliphatic rings. The van der Waals surface area contributed by atoms with E-state index in [1.54, 1.807) is 31.4 Å². The first-order valence-electron chi connectivity index (χ1n) is 9.57. The molecule has 0 aromatic heterocycles. The summed E-state index contributed by atoms with van der Waals surface area (Å²) in [5.74, 6) is 0.710. The molecule has 0 unspecified atom stereocenters. The van der Waals surface area contributed by atoms with Gasteiger partial charge in [0, 0.05) is 19.0 Å². The van der Waals surface area contributed by atoms with Crippen LogP contribution >= 0.6 is 0 Å². The molecule has 2 aliphatic heterocycles. The Morgan fingerprint density at radius 2 is 2.11 bits per heavy atom. The Labute approximate surface area is 164 Å². The van der Waals surface area contributed by atoms with Crippen LogP contribution in [0.1, 0.15) is 29.6 Å². The third kappa shape index (κ3) is 3.83. The smallest absolute Gasteiger partial charge is 0.257 e. The van der Waals surface area contributed by atoms with Crippen LogP contribution in [-0.2, 0) is 4.74 Å². The number of carbonyl (C=O) groups is 1. The van der Waals surface area contributed by atoms with E-state index in [9.17, 15) is 9.18 Å². The molecule has 28 heavy (non-hydrogen) atoms. The summed E-state index contributed by atoms with van der Waals surface area (Å²) in [4.78, 5) is 14.9. The van der Waals surface area contributed by atoms with E-state index < -0.39 is 5.60 Å². The highest BCUT2D eigenvalue weighted by Crippen LogP contribution is 2.37. The second-order valence-corrected chi connectivity index (χ2v) is 7.43. The number of hydrogen-bond donors (Lipinski definition) is 0. The number of likely N-dealkylation sites (tertiary alicyclic amines) is 1. The highest BCUT2D eigenvalue weighted by molar-refractivity contribution is 5.97. The summed E-state index contributed by atoms with van der Waals surface area (Å²) in [6, 6.07) is 13.4. The van der Waals surface area contributed by atoms with Crippen molar-refractivity contribution in [3.05, 3.63) is 59.9 Å². The zero-order chi connectivity index (χ0) is 19.6. The van der Waals surface area contributed by atoms with Crippen LogP contribution in [-0.4, -0.2) is 49.3 Å². The van der Waals surface area contributed by atoms with Crippen LogP contribution < -0.4 is 9.47 Å². The third-order valence-corrected chi connectivity index (χ3v) is 5.44. The fourth-order valence-corrected chi connectivity index (χ4v) is 4.16. The number of para-hydroxylation sites is 1. The van der Waals surface area contributed by atoms with Gasteiger partial charge in [-0.05, 0) is 37.1 Å².